The summed E-state index contributed by atoms with van der Waals surface area (Å²) in [7, 11) is 0. The highest BCUT2D eigenvalue weighted by Crippen LogP contribution is 2.25. The summed E-state index contributed by atoms with van der Waals surface area (Å²) >= 11 is 1.50. The third kappa shape index (κ3) is 6.42. The molecule has 0 aliphatic carbocycles. The molecular formula is C15H14F3N3O3S. The molecule has 134 valence electrons. The molecule has 0 saturated carbocycles. The Morgan fingerprint density at radius 2 is 1.92 bits per heavy atom. The number of benzene rings is 1. The molecule has 1 heterocycles. The molecule has 0 unspecified atom stereocenters. The van der Waals surface area contributed by atoms with E-state index >= 15 is 0 Å². The standard InChI is InChI=1S/C15H14F3N3O3S/c1-9-7-25-13(20-9)10-2-4-11(5-3-10)24-6-12(22)21-14(23)19-8-15(16,17)18/h2-5,7H,6,8H2,1H3,(H2,19,21,22,23). The van der Waals surface area contributed by atoms with Crippen LogP contribution in [-0.4, -0.2) is 36.3 Å². The van der Waals surface area contributed by atoms with Crippen LogP contribution in [0.3, 0.4) is 0 Å². The number of imide groups is 1. The fourth-order valence-electron chi connectivity index (χ4n) is 1.72. The topological polar surface area (TPSA) is 80.3 Å². The highest BCUT2D eigenvalue weighted by molar-refractivity contribution is 7.13. The molecule has 0 atom stereocenters. The highest BCUT2D eigenvalue weighted by Gasteiger charge is 2.27. The van der Waals surface area contributed by atoms with Gasteiger partial charge in [0.05, 0.1) is 0 Å². The second kappa shape index (κ2) is 7.97. The maximum atomic E-state index is 11.9. The number of alkyl halides is 3. The average molecular weight is 373 g/mol. The number of aryl methyl sites for hydroxylation is 1. The summed E-state index contributed by atoms with van der Waals surface area (Å²) in [5.41, 5.74) is 1.81. The summed E-state index contributed by atoms with van der Waals surface area (Å²) in [4.78, 5) is 26.9. The number of urea groups is 1. The van der Waals surface area contributed by atoms with Crippen molar-refractivity contribution in [2.75, 3.05) is 13.2 Å². The quantitative estimate of drug-likeness (QED) is 0.845. The zero-order valence-corrected chi connectivity index (χ0v) is 13.8. The van der Waals surface area contributed by atoms with Crippen molar-refractivity contribution < 1.29 is 27.5 Å². The highest BCUT2D eigenvalue weighted by atomic mass is 32.1. The predicted octanol–water partition coefficient (Wildman–Crippen LogP) is 2.89. The van der Waals surface area contributed by atoms with E-state index in [0.717, 1.165) is 16.3 Å². The van der Waals surface area contributed by atoms with Crippen molar-refractivity contribution in [1.82, 2.24) is 15.6 Å². The molecule has 0 aliphatic rings. The van der Waals surface area contributed by atoms with E-state index in [1.165, 1.54) is 16.7 Å². The number of nitrogens with one attached hydrogen (secondary N) is 2. The Morgan fingerprint density at radius 1 is 1.24 bits per heavy atom. The van der Waals surface area contributed by atoms with Gasteiger partial charge in [-0.2, -0.15) is 13.2 Å². The van der Waals surface area contributed by atoms with Gasteiger partial charge in [0.15, 0.2) is 6.61 Å². The van der Waals surface area contributed by atoms with Crippen LogP contribution in [-0.2, 0) is 4.79 Å². The molecule has 25 heavy (non-hydrogen) atoms. The average Bonchev–Trinajstić information content (AvgIpc) is 2.97. The minimum atomic E-state index is -4.55. The molecule has 1 aromatic carbocycles. The Balaban J connectivity index is 1.79. The molecule has 6 nitrogen and oxygen atoms in total. The third-order valence-corrected chi connectivity index (χ3v) is 3.80. The molecule has 0 radical (unpaired) electrons. The van der Waals surface area contributed by atoms with Crippen LogP contribution < -0.4 is 15.4 Å². The normalized spacial score (nSPS) is 11.0. The molecule has 0 fully saturated rings. The number of aromatic nitrogens is 1. The van der Waals surface area contributed by atoms with Gasteiger partial charge < -0.3 is 10.1 Å². The lowest BCUT2D eigenvalue weighted by atomic mass is 10.2. The van der Waals surface area contributed by atoms with Gasteiger partial charge in [0.25, 0.3) is 5.91 Å². The number of carbonyl (C=O) groups excluding carboxylic acids is 2. The third-order valence-electron chi connectivity index (χ3n) is 2.79. The lowest BCUT2D eigenvalue weighted by Crippen LogP contribution is -2.44. The Morgan fingerprint density at radius 3 is 2.48 bits per heavy atom. The van der Waals surface area contributed by atoms with Crippen molar-refractivity contribution in [3.05, 3.63) is 35.3 Å². The van der Waals surface area contributed by atoms with Crippen molar-refractivity contribution >= 4 is 23.3 Å². The van der Waals surface area contributed by atoms with E-state index in [1.807, 2.05) is 12.3 Å². The van der Waals surface area contributed by atoms with E-state index in [4.69, 9.17) is 4.74 Å². The number of hydrogen-bond donors (Lipinski definition) is 2. The lowest BCUT2D eigenvalue weighted by molar-refractivity contribution is -0.125. The van der Waals surface area contributed by atoms with Gasteiger partial charge in [0, 0.05) is 16.6 Å². The molecule has 2 N–H and O–H groups in total. The SMILES string of the molecule is Cc1csc(-c2ccc(OCC(=O)NC(=O)NCC(F)(F)F)cc2)n1. The molecular weight excluding hydrogens is 359 g/mol. The van der Waals surface area contributed by atoms with Gasteiger partial charge in [-0.1, -0.05) is 0 Å². The lowest BCUT2D eigenvalue weighted by Gasteiger charge is -2.10. The van der Waals surface area contributed by atoms with E-state index in [1.54, 1.807) is 29.6 Å². The number of nitrogens with zero attached hydrogens (tertiary/aromatic N) is 1. The second-order valence-electron chi connectivity index (χ2n) is 4.95. The van der Waals surface area contributed by atoms with Gasteiger partial charge in [-0.3, -0.25) is 10.1 Å². The van der Waals surface area contributed by atoms with Crippen LogP contribution >= 0.6 is 11.3 Å². The number of carbonyl (C=O) groups is 2. The summed E-state index contributed by atoms with van der Waals surface area (Å²) in [6.07, 6.45) is -4.55. The van der Waals surface area contributed by atoms with Crippen molar-refractivity contribution in [3.8, 4) is 16.3 Å². The van der Waals surface area contributed by atoms with Gasteiger partial charge in [-0.15, -0.1) is 11.3 Å². The van der Waals surface area contributed by atoms with Crippen LogP contribution in [0.1, 0.15) is 5.69 Å². The van der Waals surface area contributed by atoms with Crippen molar-refractivity contribution in [2.45, 2.75) is 13.1 Å². The molecule has 3 amide bonds. The Kier molecular flexibility index (Phi) is 5.97. The molecule has 10 heteroatoms. The maximum absolute atomic E-state index is 11.9. The van der Waals surface area contributed by atoms with E-state index in [0.29, 0.717) is 5.75 Å². The molecule has 2 rings (SSSR count). The number of rotatable bonds is 5. The van der Waals surface area contributed by atoms with E-state index in [-0.39, 0.29) is 0 Å². The monoisotopic (exact) mass is 373 g/mol. The fourth-order valence-corrected chi connectivity index (χ4v) is 2.52. The number of ether oxygens (including phenoxy) is 1. The minimum Gasteiger partial charge on any atom is -0.484 e. The zero-order valence-electron chi connectivity index (χ0n) is 13.0. The van der Waals surface area contributed by atoms with Gasteiger partial charge in [0.1, 0.15) is 17.3 Å². The first kappa shape index (κ1) is 18.7. The zero-order chi connectivity index (χ0) is 18.4. The van der Waals surface area contributed by atoms with Gasteiger partial charge in [-0.05, 0) is 31.2 Å². The van der Waals surface area contributed by atoms with Crippen LogP contribution in [0.4, 0.5) is 18.0 Å². The fraction of sp³-hybridized carbons (Fsp3) is 0.267. The second-order valence-corrected chi connectivity index (χ2v) is 5.81. The number of amides is 3. The van der Waals surface area contributed by atoms with E-state index in [9.17, 15) is 22.8 Å². The van der Waals surface area contributed by atoms with Crippen molar-refractivity contribution in [1.29, 1.82) is 0 Å². The Labute approximate surface area is 145 Å². The van der Waals surface area contributed by atoms with Crippen LogP contribution in [0.15, 0.2) is 29.6 Å². The number of halogens is 3. The van der Waals surface area contributed by atoms with Gasteiger partial charge in [-0.25, -0.2) is 9.78 Å². The largest absolute Gasteiger partial charge is 0.484 e. The van der Waals surface area contributed by atoms with Crippen LogP contribution in [0, 0.1) is 6.92 Å². The van der Waals surface area contributed by atoms with Gasteiger partial charge >= 0.3 is 12.2 Å². The summed E-state index contributed by atoms with van der Waals surface area (Å²) in [5, 5.41) is 6.04. The maximum Gasteiger partial charge on any atom is 0.405 e. The first-order chi connectivity index (χ1) is 11.7. The van der Waals surface area contributed by atoms with E-state index in [2.05, 4.69) is 4.98 Å². The van der Waals surface area contributed by atoms with E-state index < -0.39 is 31.3 Å². The van der Waals surface area contributed by atoms with Crippen LogP contribution in [0.5, 0.6) is 5.75 Å². The Bertz CT molecular complexity index is 744. The molecule has 0 spiro atoms. The van der Waals surface area contributed by atoms with Crippen molar-refractivity contribution in [2.24, 2.45) is 0 Å². The summed E-state index contributed by atoms with van der Waals surface area (Å²) in [5.74, 6) is -0.484. The summed E-state index contributed by atoms with van der Waals surface area (Å²) in [6.45, 7) is -0.138. The van der Waals surface area contributed by atoms with Crippen LogP contribution in [0.2, 0.25) is 0 Å². The van der Waals surface area contributed by atoms with Crippen LogP contribution in [0.25, 0.3) is 10.6 Å². The molecule has 0 saturated heterocycles. The summed E-state index contributed by atoms with van der Waals surface area (Å²) < 4.78 is 40.9. The number of hydrogen-bond acceptors (Lipinski definition) is 5. The first-order valence-corrected chi connectivity index (χ1v) is 7.91. The molecule has 0 aliphatic heterocycles. The van der Waals surface area contributed by atoms with Crippen molar-refractivity contribution in [3.63, 3.8) is 0 Å². The van der Waals surface area contributed by atoms with Gasteiger partial charge in [0.2, 0.25) is 0 Å². The summed E-state index contributed by atoms with van der Waals surface area (Å²) in [6, 6.07) is 5.55. The molecule has 1 aromatic heterocycles. The minimum absolute atomic E-state index is 0.378. The molecule has 0 bridgehead atoms. The first-order valence-electron chi connectivity index (χ1n) is 7.03. The Hall–Kier alpha value is -2.62. The smallest absolute Gasteiger partial charge is 0.405 e. The predicted molar refractivity (Wildman–Crippen MR) is 85.4 cm³/mol. The number of thiazole rings is 1. The molecule has 2 aromatic rings.